The molecule has 0 amide bonds. The van der Waals surface area contributed by atoms with Crippen LogP contribution in [-0.2, 0) is 5.54 Å². The third-order valence-corrected chi connectivity index (χ3v) is 4.27. The van der Waals surface area contributed by atoms with E-state index in [-0.39, 0.29) is 5.54 Å². The highest BCUT2D eigenvalue weighted by Crippen LogP contribution is 2.38. The van der Waals surface area contributed by atoms with Crippen molar-refractivity contribution in [2.45, 2.75) is 26.3 Å². The van der Waals surface area contributed by atoms with Crippen molar-refractivity contribution < 1.29 is 0 Å². The Labute approximate surface area is 142 Å². The van der Waals surface area contributed by atoms with Crippen molar-refractivity contribution in [3.8, 4) is 11.4 Å². The molecule has 0 saturated heterocycles. The first-order chi connectivity index (χ1) is 11.4. The lowest BCUT2D eigenvalue weighted by atomic mass is 10.1. The van der Waals surface area contributed by atoms with Crippen LogP contribution in [0.15, 0.2) is 24.7 Å². The second-order valence-electron chi connectivity index (χ2n) is 6.60. The fourth-order valence-electron chi connectivity index (χ4n) is 2.77. The van der Waals surface area contributed by atoms with Crippen LogP contribution in [0.5, 0.6) is 0 Å². The van der Waals surface area contributed by atoms with Crippen LogP contribution in [-0.4, -0.2) is 29.7 Å². The highest BCUT2D eigenvalue weighted by atomic mass is 35.5. The van der Waals surface area contributed by atoms with Crippen molar-refractivity contribution in [2.75, 3.05) is 5.73 Å². The van der Waals surface area contributed by atoms with Crippen LogP contribution in [0.4, 0.5) is 5.82 Å². The zero-order chi connectivity index (χ0) is 17.1. The molecule has 4 rings (SSSR count). The van der Waals surface area contributed by atoms with Gasteiger partial charge in [-0.15, -0.1) is 0 Å². The molecule has 0 saturated carbocycles. The van der Waals surface area contributed by atoms with Crippen molar-refractivity contribution in [3.05, 3.63) is 29.7 Å². The van der Waals surface area contributed by atoms with Crippen molar-refractivity contribution in [2.24, 2.45) is 0 Å². The van der Waals surface area contributed by atoms with Gasteiger partial charge >= 0.3 is 0 Å². The van der Waals surface area contributed by atoms with Crippen molar-refractivity contribution in [1.82, 2.24) is 29.7 Å². The first-order valence-corrected chi connectivity index (χ1v) is 7.88. The molecule has 4 heterocycles. The van der Waals surface area contributed by atoms with Gasteiger partial charge in [-0.2, -0.15) is 5.10 Å². The molecule has 122 valence electrons. The van der Waals surface area contributed by atoms with Gasteiger partial charge in [0.1, 0.15) is 23.5 Å². The van der Waals surface area contributed by atoms with Gasteiger partial charge in [0.15, 0.2) is 5.65 Å². The second-order valence-corrected chi connectivity index (χ2v) is 6.98. The Morgan fingerprint density at radius 3 is 2.71 bits per heavy atom. The van der Waals surface area contributed by atoms with E-state index in [4.69, 9.17) is 22.4 Å². The maximum absolute atomic E-state index is 6.57. The lowest BCUT2D eigenvalue weighted by Gasteiger charge is -2.19. The summed E-state index contributed by atoms with van der Waals surface area (Å²) in [5.41, 5.74) is 8.52. The van der Waals surface area contributed by atoms with Crippen LogP contribution >= 0.6 is 11.6 Å². The number of hydrogen-bond donors (Lipinski definition) is 2. The normalized spacial score (nSPS) is 12.3. The molecule has 0 unspecified atom stereocenters. The van der Waals surface area contributed by atoms with Gasteiger partial charge in [-0.25, -0.2) is 19.6 Å². The van der Waals surface area contributed by atoms with E-state index in [0.29, 0.717) is 38.9 Å². The quantitative estimate of drug-likeness (QED) is 0.553. The summed E-state index contributed by atoms with van der Waals surface area (Å²) in [5, 5.41) is 6.81. The largest absolute Gasteiger partial charge is 0.383 e. The van der Waals surface area contributed by atoms with Crippen LogP contribution < -0.4 is 5.73 Å². The SMILES string of the molecule is CC(C)(C)n1nc(-c2[nH]c3ncccc3c2Cl)c2c(N)ncnc21. The lowest BCUT2D eigenvalue weighted by Crippen LogP contribution is -2.23. The van der Waals surface area contributed by atoms with E-state index in [2.05, 4.69) is 40.7 Å². The third kappa shape index (κ3) is 2.05. The molecule has 0 aliphatic rings. The summed E-state index contributed by atoms with van der Waals surface area (Å²) in [6.07, 6.45) is 3.15. The fourth-order valence-corrected chi connectivity index (χ4v) is 3.06. The molecular formula is C16H16ClN7. The number of rotatable bonds is 1. The zero-order valence-electron chi connectivity index (χ0n) is 13.5. The summed E-state index contributed by atoms with van der Waals surface area (Å²) < 4.78 is 1.84. The highest BCUT2D eigenvalue weighted by Gasteiger charge is 2.26. The summed E-state index contributed by atoms with van der Waals surface area (Å²) in [7, 11) is 0. The second kappa shape index (κ2) is 4.91. The molecule has 0 fully saturated rings. The van der Waals surface area contributed by atoms with Crippen LogP contribution in [0.25, 0.3) is 33.5 Å². The minimum absolute atomic E-state index is 0.270. The molecule has 0 spiro atoms. The number of nitrogen functional groups attached to an aromatic ring is 1. The lowest BCUT2D eigenvalue weighted by molar-refractivity contribution is 0.366. The predicted octanol–water partition coefficient (Wildman–Crippen LogP) is 3.36. The van der Waals surface area contributed by atoms with Crippen molar-refractivity contribution in [1.29, 1.82) is 0 Å². The van der Waals surface area contributed by atoms with Crippen molar-refractivity contribution in [3.63, 3.8) is 0 Å². The number of hydrogen-bond acceptors (Lipinski definition) is 5. The average molecular weight is 342 g/mol. The van der Waals surface area contributed by atoms with Gasteiger partial charge in [-0.05, 0) is 32.9 Å². The number of anilines is 1. The summed E-state index contributed by atoms with van der Waals surface area (Å²) >= 11 is 6.57. The molecule has 0 aromatic carbocycles. The standard InChI is InChI=1S/C16H16ClN7/c1-16(2,3)24-15-9(13(18)20-7-21-15)11(23-24)12-10(17)8-5-4-6-19-14(8)22-12/h4-7H,1-3H3,(H,19,22)(H2,18,20,21). The number of aromatic amines is 1. The number of nitrogens with zero attached hydrogens (tertiary/aromatic N) is 5. The zero-order valence-corrected chi connectivity index (χ0v) is 14.3. The monoisotopic (exact) mass is 341 g/mol. The Kier molecular flexibility index (Phi) is 3.05. The average Bonchev–Trinajstić information content (AvgIpc) is 3.07. The Morgan fingerprint density at radius 2 is 2.00 bits per heavy atom. The number of H-pyrrole nitrogens is 1. The fraction of sp³-hybridized carbons (Fsp3) is 0.250. The molecule has 7 nitrogen and oxygen atoms in total. The number of nitrogens with one attached hydrogen (secondary N) is 1. The van der Waals surface area contributed by atoms with Gasteiger partial charge in [0.2, 0.25) is 0 Å². The topological polar surface area (TPSA) is 98.3 Å². The summed E-state index contributed by atoms with van der Waals surface area (Å²) in [6, 6.07) is 3.75. The van der Waals surface area contributed by atoms with E-state index in [9.17, 15) is 0 Å². The van der Waals surface area contributed by atoms with Crippen LogP contribution in [0.3, 0.4) is 0 Å². The molecule has 0 aliphatic carbocycles. The van der Waals surface area contributed by atoms with E-state index < -0.39 is 0 Å². The molecule has 0 bridgehead atoms. The number of aromatic nitrogens is 6. The molecular weight excluding hydrogens is 326 g/mol. The minimum Gasteiger partial charge on any atom is -0.383 e. The Morgan fingerprint density at radius 1 is 1.21 bits per heavy atom. The highest BCUT2D eigenvalue weighted by molar-refractivity contribution is 6.38. The maximum Gasteiger partial charge on any atom is 0.164 e. The van der Waals surface area contributed by atoms with E-state index >= 15 is 0 Å². The summed E-state index contributed by atoms with van der Waals surface area (Å²) in [6.45, 7) is 6.15. The van der Waals surface area contributed by atoms with E-state index in [0.717, 1.165) is 5.39 Å². The van der Waals surface area contributed by atoms with Crippen molar-refractivity contribution >= 4 is 39.5 Å². The smallest absolute Gasteiger partial charge is 0.164 e. The number of halogens is 1. The van der Waals surface area contributed by atoms with Crippen LogP contribution in [0, 0.1) is 0 Å². The third-order valence-electron chi connectivity index (χ3n) is 3.87. The van der Waals surface area contributed by atoms with E-state index in [1.807, 2.05) is 16.8 Å². The van der Waals surface area contributed by atoms with Crippen LogP contribution in [0.2, 0.25) is 5.02 Å². The Bertz CT molecular complexity index is 1070. The molecule has 0 atom stereocenters. The number of nitrogens with two attached hydrogens (primary N) is 1. The molecule has 0 aliphatic heterocycles. The van der Waals surface area contributed by atoms with E-state index in [1.54, 1.807) is 6.20 Å². The molecule has 8 heteroatoms. The molecule has 24 heavy (non-hydrogen) atoms. The Hall–Kier alpha value is -2.67. The molecule has 4 aromatic rings. The Balaban J connectivity index is 2.11. The van der Waals surface area contributed by atoms with Crippen LogP contribution in [0.1, 0.15) is 20.8 Å². The van der Waals surface area contributed by atoms with Gasteiger partial charge in [0, 0.05) is 11.6 Å². The van der Waals surface area contributed by atoms with Gasteiger partial charge < -0.3 is 10.7 Å². The number of fused-ring (bicyclic) bond motifs is 2. The van der Waals surface area contributed by atoms with Gasteiger partial charge in [-0.1, -0.05) is 11.6 Å². The maximum atomic E-state index is 6.57. The first kappa shape index (κ1) is 14.9. The molecule has 4 aromatic heterocycles. The van der Waals surface area contributed by atoms with Gasteiger partial charge in [-0.3, -0.25) is 0 Å². The predicted molar refractivity (Wildman–Crippen MR) is 94.8 cm³/mol. The van der Waals surface area contributed by atoms with Gasteiger partial charge in [0.25, 0.3) is 0 Å². The summed E-state index contributed by atoms with van der Waals surface area (Å²) in [4.78, 5) is 16.0. The minimum atomic E-state index is -0.270. The summed E-state index contributed by atoms with van der Waals surface area (Å²) in [5.74, 6) is 0.369. The number of pyridine rings is 1. The van der Waals surface area contributed by atoms with E-state index in [1.165, 1.54) is 6.33 Å². The first-order valence-electron chi connectivity index (χ1n) is 7.50. The molecule has 0 radical (unpaired) electrons. The molecule has 3 N–H and O–H groups in total. The van der Waals surface area contributed by atoms with Gasteiger partial charge in [0.05, 0.1) is 21.6 Å².